The zero-order valence-electron chi connectivity index (χ0n) is 29.9. The molecule has 0 saturated heterocycles. The molecule has 1 N–H and O–H groups in total. The van der Waals surface area contributed by atoms with Crippen LogP contribution in [0.4, 0.5) is 5.69 Å². The van der Waals surface area contributed by atoms with E-state index in [0.717, 1.165) is 60.8 Å². The van der Waals surface area contributed by atoms with Gasteiger partial charge in [-0.05, 0) is 70.6 Å². The molecule has 0 radical (unpaired) electrons. The first kappa shape index (κ1) is 32.2. The molecule has 0 atom stereocenters. The van der Waals surface area contributed by atoms with Crippen LogP contribution in [0.15, 0.2) is 153 Å². The molecule has 10 rings (SSSR count). The minimum atomic E-state index is -0.0713. The average Bonchev–Trinajstić information content (AvgIpc) is 3.90. The normalized spacial score (nSPS) is 12.4. The van der Waals surface area contributed by atoms with Gasteiger partial charge in [-0.2, -0.15) is 0 Å². The summed E-state index contributed by atoms with van der Waals surface area (Å²) >= 11 is 1.81. The third-order valence-electron chi connectivity index (χ3n) is 10.3. The van der Waals surface area contributed by atoms with Gasteiger partial charge >= 0.3 is 0 Å². The minimum absolute atomic E-state index is 0.0713. The standard InChI is InChI=1S/C48H34N2O3S/c1-48(2,3)30-22-23-40(51)29(24-30)27-49-39-19-7-4-14-37(39)47-50-44-38(35-17-11-16-34-32-12-5-8-20-41(32)52-45(34)35)25-28(26-42(44)53-47)31-15-10-18-36-33-13-6-9-21-43(33)54-46(31)36/h4-27,51H,1-3H3. The van der Waals surface area contributed by atoms with E-state index in [9.17, 15) is 5.11 Å². The zero-order chi connectivity index (χ0) is 36.6. The van der Waals surface area contributed by atoms with Crippen molar-refractivity contribution in [3.8, 4) is 39.5 Å². The van der Waals surface area contributed by atoms with Crippen LogP contribution in [0.25, 0.3) is 86.9 Å². The van der Waals surface area contributed by atoms with Gasteiger partial charge in [0.15, 0.2) is 5.58 Å². The van der Waals surface area contributed by atoms with Crippen LogP contribution in [-0.4, -0.2) is 16.3 Å². The van der Waals surface area contributed by atoms with Crippen molar-refractivity contribution >= 4 is 76.4 Å². The molecule has 0 spiro atoms. The van der Waals surface area contributed by atoms with Gasteiger partial charge in [-0.15, -0.1) is 11.3 Å². The van der Waals surface area contributed by atoms with E-state index in [1.54, 1.807) is 12.3 Å². The molecule has 0 fully saturated rings. The third kappa shape index (κ3) is 5.29. The average molecular weight is 719 g/mol. The highest BCUT2D eigenvalue weighted by Gasteiger charge is 2.22. The van der Waals surface area contributed by atoms with Crippen molar-refractivity contribution in [2.75, 3.05) is 0 Å². The minimum Gasteiger partial charge on any atom is -0.507 e. The highest BCUT2D eigenvalue weighted by Crippen LogP contribution is 2.45. The van der Waals surface area contributed by atoms with Gasteiger partial charge in [-0.1, -0.05) is 112 Å². The number of thiophene rings is 1. The Kier molecular flexibility index (Phi) is 7.32. The Hall–Kier alpha value is -6.50. The third-order valence-corrected chi connectivity index (χ3v) is 11.5. The van der Waals surface area contributed by atoms with Gasteiger partial charge in [0.2, 0.25) is 5.89 Å². The Labute approximate surface area is 315 Å². The fourth-order valence-electron chi connectivity index (χ4n) is 7.47. The number of phenolic OH excluding ortho intramolecular Hbond substituents is 1. The summed E-state index contributed by atoms with van der Waals surface area (Å²) in [6.07, 6.45) is 1.71. The summed E-state index contributed by atoms with van der Waals surface area (Å²) in [5.41, 5.74) is 10.2. The van der Waals surface area contributed by atoms with Crippen LogP contribution < -0.4 is 0 Å². The monoisotopic (exact) mass is 718 g/mol. The SMILES string of the molecule is CC(C)(C)c1ccc(O)c(C=Nc2ccccc2-c2nc3c(-c4cccc5c4oc4ccccc45)cc(-c4cccc5c4sc4ccccc45)cc3o2)c1. The fourth-order valence-corrected chi connectivity index (χ4v) is 8.71. The first-order valence-electron chi connectivity index (χ1n) is 18.0. The Bertz CT molecular complexity index is 3120. The largest absolute Gasteiger partial charge is 0.507 e. The number of aromatic nitrogens is 1. The van der Waals surface area contributed by atoms with Crippen LogP contribution in [0.2, 0.25) is 0 Å². The van der Waals surface area contributed by atoms with Crippen LogP contribution in [-0.2, 0) is 5.41 Å². The molecule has 3 heterocycles. The van der Waals surface area contributed by atoms with Crippen molar-refractivity contribution in [3.63, 3.8) is 0 Å². The lowest BCUT2D eigenvalue weighted by atomic mass is 9.86. The highest BCUT2D eigenvalue weighted by atomic mass is 32.1. The molecule has 0 aliphatic rings. The van der Waals surface area contributed by atoms with E-state index in [0.29, 0.717) is 22.7 Å². The van der Waals surface area contributed by atoms with Crippen LogP contribution in [0.3, 0.4) is 0 Å². The van der Waals surface area contributed by atoms with Gasteiger partial charge < -0.3 is 13.9 Å². The number of aromatic hydroxyl groups is 1. The Morgan fingerprint density at radius 2 is 1.35 bits per heavy atom. The Morgan fingerprint density at radius 3 is 2.22 bits per heavy atom. The molecule has 260 valence electrons. The Morgan fingerprint density at radius 1 is 0.630 bits per heavy atom. The summed E-state index contributed by atoms with van der Waals surface area (Å²) in [4.78, 5) is 10.1. The number of furan rings is 1. The zero-order valence-corrected chi connectivity index (χ0v) is 30.7. The van der Waals surface area contributed by atoms with E-state index in [-0.39, 0.29) is 11.2 Å². The van der Waals surface area contributed by atoms with Gasteiger partial charge in [0, 0.05) is 53.8 Å². The van der Waals surface area contributed by atoms with E-state index >= 15 is 0 Å². The molecule has 0 amide bonds. The number of nitrogens with zero attached hydrogens (tertiary/aromatic N) is 2. The molecule has 54 heavy (non-hydrogen) atoms. The molecule has 5 nitrogen and oxygen atoms in total. The maximum absolute atomic E-state index is 10.7. The van der Waals surface area contributed by atoms with Crippen LogP contribution in [0.5, 0.6) is 5.75 Å². The maximum Gasteiger partial charge on any atom is 0.229 e. The molecule has 6 heteroatoms. The number of hydrogen-bond acceptors (Lipinski definition) is 6. The van der Waals surface area contributed by atoms with Gasteiger partial charge in [0.05, 0.1) is 11.3 Å². The molecule has 7 aromatic carbocycles. The van der Waals surface area contributed by atoms with Gasteiger partial charge in [-0.3, -0.25) is 4.99 Å². The summed E-state index contributed by atoms with van der Waals surface area (Å²) in [7, 11) is 0. The summed E-state index contributed by atoms with van der Waals surface area (Å²) in [5, 5.41) is 15.3. The number of rotatable bonds is 5. The van der Waals surface area contributed by atoms with E-state index < -0.39 is 0 Å². The molecule has 0 unspecified atom stereocenters. The smallest absolute Gasteiger partial charge is 0.229 e. The number of aliphatic imine (C=N–C) groups is 1. The van der Waals surface area contributed by atoms with Crippen LogP contribution in [0, 0.1) is 0 Å². The lowest BCUT2D eigenvalue weighted by Crippen LogP contribution is -2.11. The van der Waals surface area contributed by atoms with Crippen molar-refractivity contribution in [1.82, 2.24) is 4.98 Å². The number of phenols is 1. The lowest BCUT2D eigenvalue weighted by Gasteiger charge is -2.19. The topological polar surface area (TPSA) is 71.8 Å². The van der Waals surface area contributed by atoms with Crippen LogP contribution >= 0.6 is 11.3 Å². The van der Waals surface area contributed by atoms with Gasteiger partial charge in [-0.25, -0.2) is 4.98 Å². The second kappa shape index (κ2) is 12.3. The lowest BCUT2D eigenvalue weighted by molar-refractivity contribution is 0.473. The highest BCUT2D eigenvalue weighted by molar-refractivity contribution is 7.26. The van der Waals surface area contributed by atoms with Crippen molar-refractivity contribution < 1.29 is 13.9 Å². The molecule has 0 aliphatic carbocycles. The van der Waals surface area contributed by atoms with E-state index in [1.165, 1.54) is 20.2 Å². The van der Waals surface area contributed by atoms with E-state index in [2.05, 4.69) is 99.6 Å². The molecule has 0 aliphatic heterocycles. The summed E-state index contributed by atoms with van der Waals surface area (Å²) in [5.74, 6) is 0.636. The van der Waals surface area contributed by atoms with Crippen molar-refractivity contribution in [1.29, 1.82) is 0 Å². The fraction of sp³-hybridized carbons (Fsp3) is 0.0833. The molecule has 3 aromatic heterocycles. The van der Waals surface area contributed by atoms with Crippen LogP contribution in [0.1, 0.15) is 31.9 Å². The molecule has 10 aromatic rings. The predicted octanol–water partition coefficient (Wildman–Crippen LogP) is 13.8. The van der Waals surface area contributed by atoms with Crippen molar-refractivity contribution in [2.45, 2.75) is 26.2 Å². The molecular formula is C48H34N2O3S. The van der Waals surface area contributed by atoms with Gasteiger partial charge in [0.1, 0.15) is 22.4 Å². The molecule has 0 saturated carbocycles. The predicted molar refractivity (Wildman–Crippen MR) is 225 cm³/mol. The molecule has 0 bridgehead atoms. The quantitative estimate of drug-likeness (QED) is 0.180. The number of fused-ring (bicyclic) bond motifs is 7. The summed E-state index contributed by atoms with van der Waals surface area (Å²) < 4.78 is 15.8. The van der Waals surface area contributed by atoms with E-state index in [4.69, 9.17) is 18.8 Å². The van der Waals surface area contributed by atoms with Crippen molar-refractivity contribution in [3.05, 3.63) is 151 Å². The summed E-state index contributed by atoms with van der Waals surface area (Å²) in [6, 6.07) is 47.4. The maximum atomic E-state index is 10.7. The second-order valence-corrected chi connectivity index (χ2v) is 15.8. The summed E-state index contributed by atoms with van der Waals surface area (Å²) in [6.45, 7) is 6.46. The second-order valence-electron chi connectivity index (χ2n) is 14.7. The Balaban J connectivity index is 1.19. The number of hydrogen-bond donors (Lipinski definition) is 1. The first-order chi connectivity index (χ1) is 26.3. The number of benzene rings is 7. The molecular weight excluding hydrogens is 685 g/mol. The first-order valence-corrected chi connectivity index (χ1v) is 18.8. The van der Waals surface area contributed by atoms with Gasteiger partial charge in [0.25, 0.3) is 0 Å². The van der Waals surface area contributed by atoms with Crippen molar-refractivity contribution in [2.24, 2.45) is 4.99 Å². The van der Waals surface area contributed by atoms with E-state index in [1.807, 2.05) is 65.9 Å². The number of para-hydroxylation sites is 3. The number of oxazole rings is 1.